The first-order chi connectivity index (χ1) is 13.2. The number of rotatable bonds is 8. The van der Waals surface area contributed by atoms with Gasteiger partial charge in [0.15, 0.2) is 6.61 Å². The summed E-state index contributed by atoms with van der Waals surface area (Å²) in [7, 11) is 1.61. The monoisotopic (exact) mass is 389 g/mol. The van der Waals surface area contributed by atoms with Crippen molar-refractivity contribution >= 4 is 23.1 Å². The van der Waals surface area contributed by atoms with Gasteiger partial charge in [0.25, 0.3) is 5.69 Å². The highest BCUT2D eigenvalue weighted by molar-refractivity contribution is 6.00. The lowest BCUT2D eigenvalue weighted by Crippen LogP contribution is -2.17. The Bertz CT molecular complexity index is 919. The highest BCUT2D eigenvalue weighted by atomic mass is 16.6. The van der Waals surface area contributed by atoms with Crippen LogP contribution >= 0.6 is 0 Å². The molecule has 0 aliphatic carbocycles. The van der Waals surface area contributed by atoms with Crippen molar-refractivity contribution in [2.75, 3.05) is 26.1 Å². The third kappa shape index (κ3) is 4.37. The molecule has 0 aliphatic heterocycles. The summed E-state index contributed by atoms with van der Waals surface area (Å²) in [4.78, 5) is 34.9. The molecule has 0 fully saturated rings. The number of aryl methyl sites for hydroxylation is 1. The lowest BCUT2D eigenvalue weighted by atomic mass is 10.1. The van der Waals surface area contributed by atoms with Gasteiger partial charge in [-0.3, -0.25) is 14.9 Å². The Morgan fingerprint density at radius 1 is 1.29 bits per heavy atom. The minimum absolute atomic E-state index is 0.0458. The molecular formula is C19H23N3O6. The van der Waals surface area contributed by atoms with Gasteiger partial charge in [-0.1, -0.05) is 0 Å². The Hall–Kier alpha value is -3.20. The number of benzene rings is 1. The fraction of sp³-hybridized carbons (Fsp3) is 0.368. The SMILES string of the molecule is COC[C@H](C)n1c(C)cc(C(=O)COC(=O)c2ccc(N)c([N+](=O)[O-])c2)c1C. The molecule has 2 rings (SSSR count). The Morgan fingerprint density at radius 3 is 2.57 bits per heavy atom. The van der Waals surface area contributed by atoms with E-state index >= 15 is 0 Å². The van der Waals surface area contributed by atoms with Crippen LogP contribution in [0.4, 0.5) is 11.4 Å². The number of ketones is 1. The number of nitrogen functional groups attached to an aromatic ring is 1. The van der Waals surface area contributed by atoms with Crippen LogP contribution in [0.5, 0.6) is 0 Å². The Labute approximate surface area is 162 Å². The van der Waals surface area contributed by atoms with Gasteiger partial charge in [0.2, 0.25) is 5.78 Å². The maximum Gasteiger partial charge on any atom is 0.338 e. The molecule has 0 radical (unpaired) electrons. The third-order valence-electron chi connectivity index (χ3n) is 4.43. The van der Waals surface area contributed by atoms with Crippen LogP contribution in [-0.4, -0.2) is 41.6 Å². The molecule has 1 aromatic carbocycles. The van der Waals surface area contributed by atoms with Crippen molar-refractivity contribution in [3.63, 3.8) is 0 Å². The summed E-state index contributed by atoms with van der Waals surface area (Å²) < 4.78 is 12.2. The molecule has 0 aliphatic rings. The molecule has 0 saturated carbocycles. The van der Waals surface area contributed by atoms with Gasteiger partial charge in [0, 0.05) is 30.1 Å². The summed E-state index contributed by atoms with van der Waals surface area (Å²) in [5.41, 5.74) is 7.11. The van der Waals surface area contributed by atoms with E-state index in [1.54, 1.807) is 13.2 Å². The number of ether oxygens (including phenoxy) is 2. The molecule has 1 atom stereocenters. The van der Waals surface area contributed by atoms with Gasteiger partial charge >= 0.3 is 5.97 Å². The van der Waals surface area contributed by atoms with Crippen LogP contribution < -0.4 is 5.73 Å². The van der Waals surface area contributed by atoms with Gasteiger partial charge in [-0.2, -0.15) is 0 Å². The topological polar surface area (TPSA) is 127 Å². The number of nitrogens with two attached hydrogens (primary N) is 1. The van der Waals surface area contributed by atoms with E-state index in [2.05, 4.69) is 0 Å². The summed E-state index contributed by atoms with van der Waals surface area (Å²) in [5, 5.41) is 10.9. The zero-order chi connectivity index (χ0) is 21.0. The molecule has 0 spiro atoms. The molecule has 0 amide bonds. The van der Waals surface area contributed by atoms with E-state index in [-0.39, 0.29) is 23.1 Å². The molecule has 1 aromatic heterocycles. The predicted molar refractivity (Wildman–Crippen MR) is 103 cm³/mol. The number of hydrogen-bond donors (Lipinski definition) is 1. The van der Waals surface area contributed by atoms with Crippen molar-refractivity contribution in [3.05, 3.63) is 56.9 Å². The fourth-order valence-corrected chi connectivity index (χ4v) is 3.17. The van der Waals surface area contributed by atoms with E-state index in [1.165, 1.54) is 12.1 Å². The van der Waals surface area contributed by atoms with Crippen molar-refractivity contribution < 1.29 is 24.0 Å². The number of nitrogens with zero attached hydrogens (tertiary/aromatic N) is 2. The Kier molecular flexibility index (Phi) is 6.53. The zero-order valence-electron chi connectivity index (χ0n) is 16.2. The molecule has 0 unspecified atom stereocenters. The number of hydrogen-bond acceptors (Lipinski definition) is 7. The largest absolute Gasteiger partial charge is 0.454 e. The number of carbonyl (C=O) groups excluding carboxylic acids is 2. The molecule has 28 heavy (non-hydrogen) atoms. The second kappa shape index (κ2) is 8.66. The maximum atomic E-state index is 12.5. The van der Waals surface area contributed by atoms with Gasteiger partial charge < -0.3 is 19.8 Å². The van der Waals surface area contributed by atoms with Crippen molar-refractivity contribution in [2.24, 2.45) is 0 Å². The summed E-state index contributed by atoms with van der Waals surface area (Å²) in [6.45, 7) is 5.70. The highest BCUT2D eigenvalue weighted by Crippen LogP contribution is 2.23. The molecule has 0 bridgehead atoms. The van der Waals surface area contributed by atoms with Crippen LogP contribution in [-0.2, 0) is 9.47 Å². The van der Waals surface area contributed by atoms with Crippen molar-refractivity contribution in [2.45, 2.75) is 26.8 Å². The van der Waals surface area contributed by atoms with Crippen LogP contribution in [0.25, 0.3) is 0 Å². The number of esters is 1. The summed E-state index contributed by atoms with van der Waals surface area (Å²) in [5.74, 6) is -1.19. The smallest absolute Gasteiger partial charge is 0.338 e. The number of methoxy groups -OCH3 is 1. The van der Waals surface area contributed by atoms with Gasteiger partial charge in [0.05, 0.1) is 23.1 Å². The first kappa shape index (κ1) is 21.1. The first-order valence-electron chi connectivity index (χ1n) is 8.59. The lowest BCUT2D eigenvalue weighted by molar-refractivity contribution is -0.383. The average Bonchev–Trinajstić information content (AvgIpc) is 2.94. The van der Waals surface area contributed by atoms with Crippen LogP contribution in [0.2, 0.25) is 0 Å². The summed E-state index contributed by atoms with van der Waals surface area (Å²) in [6.07, 6.45) is 0. The number of nitro groups is 1. The molecule has 2 N–H and O–H groups in total. The molecule has 1 heterocycles. The van der Waals surface area contributed by atoms with E-state index in [4.69, 9.17) is 15.2 Å². The number of anilines is 1. The average molecular weight is 389 g/mol. The van der Waals surface area contributed by atoms with E-state index < -0.39 is 23.2 Å². The van der Waals surface area contributed by atoms with Crippen molar-refractivity contribution in [1.82, 2.24) is 4.57 Å². The normalized spacial score (nSPS) is 11.9. The number of aromatic nitrogens is 1. The van der Waals surface area contributed by atoms with E-state index in [0.717, 1.165) is 17.5 Å². The van der Waals surface area contributed by atoms with Gasteiger partial charge in [-0.05, 0) is 39.0 Å². The zero-order valence-corrected chi connectivity index (χ0v) is 16.2. The molecule has 150 valence electrons. The van der Waals surface area contributed by atoms with Gasteiger partial charge in [-0.25, -0.2) is 4.79 Å². The van der Waals surface area contributed by atoms with Gasteiger partial charge in [-0.15, -0.1) is 0 Å². The maximum absolute atomic E-state index is 12.5. The number of carbonyl (C=O) groups is 2. The minimum atomic E-state index is -0.835. The number of Topliss-reactive ketones (excluding diaryl/α,β-unsaturated/α-hetero) is 1. The van der Waals surface area contributed by atoms with E-state index in [1.807, 2.05) is 25.3 Å². The minimum Gasteiger partial charge on any atom is -0.454 e. The van der Waals surface area contributed by atoms with Crippen molar-refractivity contribution in [3.8, 4) is 0 Å². The second-order valence-electron chi connectivity index (χ2n) is 6.49. The Morgan fingerprint density at radius 2 is 1.96 bits per heavy atom. The van der Waals surface area contributed by atoms with E-state index in [9.17, 15) is 19.7 Å². The van der Waals surface area contributed by atoms with Crippen LogP contribution in [0, 0.1) is 24.0 Å². The van der Waals surface area contributed by atoms with Crippen LogP contribution in [0.15, 0.2) is 24.3 Å². The molecular weight excluding hydrogens is 366 g/mol. The van der Waals surface area contributed by atoms with Crippen molar-refractivity contribution in [1.29, 1.82) is 0 Å². The highest BCUT2D eigenvalue weighted by Gasteiger charge is 2.21. The quantitative estimate of drug-likeness (QED) is 0.242. The summed E-state index contributed by atoms with van der Waals surface area (Å²) in [6, 6.07) is 5.38. The molecule has 0 saturated heterocycles. The summed E-state index contributed by atoms with van der Waals surface area (Å²) >= 11 is 0. The lowest BCUT2D eigenvalue weighted by Gasteiger charge is -2.17. The van der Waals surface area contributed by atoms with Crippen LogP contribution in [0.1, 0.15) is 45.1 Å². The molecule has 2 aromatic rings. The standard InChI is InChI=1S/C19H23N3O6/c1-11-7-15(13(3)21(11)12(2)9-27-4)18(23)10-28-19(24)14-5-6-16(20)17(8-14)22(25)26/h5-8,12H,9-10,20H2,1-4H3/t12-/m0/s1. The number of nitro benzene ring substituents is 1. The second-order valence-corrected chi connectivity index (χ2v) is 6.49. The van der Waals surface area contributed by atoms with E-state index in [0.29, 0.717) is 12.2 Å². The molecule has 9 nitrogen and oxygen atoms in total. The van der Waals surface area contributed by atoms with Gasteiger partial charge in [0.1, 0.15) is 5.69 Å². The van der Waals surface area contributed by atoms with Crippen LogP contribution in [0.3, 0.4) is 0 Å². The fourth-order valence-electron chi connectivity index (χ4n) is 3.17. The predicted octanol–water partition coefficient (Wildman–Crippen LogP) is 2.84. The first-order valence-corrected chi connectivity index (χ1v) is 8.59. The third-order valence-corrected chi connectivity index (χ3v) is 4.43. The molecule has 9 heteroatoms. The Balaban J connectivity index is 2.12.